The normalized spacial score (nSPS) is 37.8. The maximum absolute atomic E-state index is 13.1. The average Bonchev–Trinajstić information content (AvgIpc) is 3.08. The van der Waals surface area contributed by atoms with E-state index in [2.05, 4.69) is 0 Å². The summed E-state index contributed by atoms with van der Waals surface area (Å²) in [4.78, 5) is 13.1. The summed E-state index contributed by atoms with van der Waals surface area (Å²) in [6, 6.07) is 7.82. The van der Waals surface area contributed by atoms with Crippen LogP contribution < -0.4 is 14.9 Å². The maximum Gasteiger partial charge on any atom is 0.238 e. The van der Waals surface area contributed by atoms with E-state index in [1.807, 2.05) is 0 Å². The first-order chi connectivity index (χ1) is 23.7. The Balaban J connectivity index is 1.23. The van der Waals surface area contributed by atoms with Crippen LogP contribution in [-0.4, -0.2) is 144 Å². The molecule has 14 atom stereocenters. The highest BCUT2D eigenvalue weighted by Crippen LogP contribution is 2.37. The molecule has 10 N–H and O–H groups in total. The van der Waals surface area contributed by atoms with Gasteiger partial charge in [-0.3, -0.25) is 4.79 Å². The van der Waals surface area contributed by atoms with Gasteiger partial charge in [0, 0.05) is 17.7 Å². The van der Waals surface area contributed by atoms with Gasteiger partial charge in [-0.25, -0.2) is 0 Å². The molecule has 18 nitrogen and oxygen atoms in total. The first-order valence-corrected chi connectivity index (χ1v) is 15.6. The van der Waals surface area contributed by atoms with E-state index in [0.717, 1.165) is 6.07 Å². The molecule has 0 bridgehead atoms. The summed E-state index contributed by atoms with van der Waals surface area (Å²) in [5.41, 5.74) is -1.03. The number of hydrogen-bond acceptors (Lipinski definition) is 18. The number of phenols is 1. The summed E-state index contributed by atoms with van der Waals surface area (Å²) in [6.07, 6.45) is -20.0. The van der Waals surface area contributed by atoms with Crippen molar-refractivity contribution < 1.29 is 83.9 Å². The van der Waals surface area contributed by atoms with Crippen LogP contribution in [0.4, 0.5) is 0 Å². The van der Waals surface area contributed by atoms with Crippen molar-refractivity contribution in [1.82, 2.24) is 0 Å². The highest BCUT2D eigenvalue weighted by Gasteiger charge is 2.49. The van der Waals surface area contributed by atoms with Gasteiger partial charge in [0.15, 0.2) is 18.2 Å². The Bertz CT molecular complexity index is 1710. The van der Waals surface area contributed by atoms with Crippen LogP contribution in [0, 0.1) is 0 Å². The zero-order valence-electron chi connectivity index (χ0n) is 26.5. The minimum atomic E-state index is -1.70. The van der Waals surface area contributed by atoms with Gasteiger partial charge in [-0.1, -0.05) is 0 Å². The van der Waals surface area contributed by atoms with Crippen LogP contribution in [0.2, 0.25) is 0 Å². The zero-order valence-corrected chi connectivity index (χ0v) is 26.5. The second-order valence-corrected chi connectivity index (χ2v) is 12.4. The first kappa shape index (κ1) is 36.2. The number of benzene rings is 2. The Kier molecular flexibility index (Phi) is 10.3. The number of hydrogen-bond donors (Lipinski definition) is 10. The molecular weight excluding hydrogens is 672 g/mol. The molecule has 3 fully saturated rings. The summed E-state index contributed by atoms with van der Waals surface area (Å²) in [6.45, 7) is 2.56. The van der Waals surface area contributed by atoms with Gasteiger partial charge in [0.2, 0.25) is 23.8 Å². The standard InChI is InChI=1S/C32H38O18/c1-10-19(35)23(39)27(43)31(45-10)48-14-7-15(33)18-17(8-14)49-28(25(41)22(18)38)12-3-5-13(6-4-12)47-32-29(24(40)20(36)11(2)46-32)50-30-26(42)21(37)16(34)9-44-30/h3-8,10-11,16,19-21,23-24,26-27,29-37,39-43H,9H2,1-2H3. The van der Waals surface area contributed by atoms with Gasteiger partial charge in [-0.15, -0.1) is 0 Å². The monoisotopic (exact) mass is 710 g/mol. The molecule has 0 saturated carbocycles. The molecule has 18 heteroatoms. The lowest BCUT2D eigenvalue weighted by Gasteiger charge is -2.44. The maximum atomic E-state index is 13.1. The number of ether oxygens (including phenoxy) is 6. The Labute approximate surface area is 282 Å². The third-order valence-electron chi connectivity index (χ3n) is 8.88. The molecule has 1 aromatic heterocycles. The van der Waals surface area contributed by atoms with Crippen molar-refractivity contribution in [2.75, 3.05) is 6.61 Å². The van der Waals surface area contributed by atoms with Gasteiger partial charge in [0.05, 0.1) is 18.8 Å². The lowest BCUT2D eigenvalue weighted by Crippen LogP contribution is -2.62. The van der Waals surface area contributed by atoms with Gasteiger partial charge < -0.3 is 83.9 Å². The van der Waals surface area contributed by atoms with E-state index < -0.39 is 103 Å². The quantitative estimate of drug-likeness (QED) is 0.124. The zero-order chi connectivity index (χ0) is 36.2. The number of fused-ring (bicyclic) bond motifs is 1. The highest BCUT2D eigenvalue weighted by atomic mass is 16.8. The number of aliphatic hydroxyl groups is 8. The second-order valence-electron chi connectivity index (χ2n) is 12.4. The fourth-order valence-corrected chi connectivity index (χ4v) is 5.89. The lowest BCUT2D eigenvalue weighted by molar-refractivity contribution is -0.341. The van der Waals surface area contributed by atoms with Crippen molar-refractivity contribution in [2.45, 2.75) is 99.9 Å². The topological polar surface area (TPSA) is 288 Å². The summed E-state index contributed by atoms with van der Waals surface area (Å²) in [5, 5.41) is 103. The highest BCUT2D eigenvalue weighted by molar-refractivity contribution is 5.88. The van der Waals surface area contributed by atoms with Gasteiger partial charge in [-0.05, 0) is 38.1 Å². The third-order valence-corrected chi connectivity index (χ3v) is 8.88. The van der Waals surface area contributed by atoms with Crippen LogP contribution in [0.25, 0.3) is 22.3 Å². The molecule has 0 radical (unpaired) electrons. The Morgan fingerprint density at radius 3 is 1.96 bits per heavy atom. The van der Waals surface area contributed by atoms with E-state index in [-0.39, 0.29) is 40.4 Å². The van der Waals surface area contributed by atoms with Gasteiger partial charge in [0.1, 0.15) is 77.0 Å². The SMILES string of the molecule is CC1OC(Oc2cc(O)c3c(=O)c(O)c(-c4ccc(OC5OC(C)C(O)C(O)C5OC5OCC(O)C(O)C5O)cc4)oc3c2)C(O)C(O)C1O. The molecule has 3 aliphatic heterocycles. The molecule has 4 heterocycles. The first-order valence-electron chi connectivity index (χ1n) is 15.6. The Hall–Kier alpha value is -3.63. The fraction of sp³-hybridized carbons (Fsp3) is 0.531. The molecule has 2 aromatic carbocycles. The lowest BCUT2D eigenvalue weighted by atomic mass is 9.99. The number of rotatable bonds is 7. The van der Waals surface area contributed by atoms with Crippen molar-refractivity contribution in [2.24, 2.45) is 0 Å². The van der Waals surface area contributed by atoms with Crippen LogP contribution in [0.5, 0.6) is 23.0 Å². The Morgan fingerprint density at radius 2 is 1.28 bits per heavy atom. The van der Waals surface area contributed by atoms with Gasteiger partial charge >= 0.3 is 0 Å². The van der Waals surface area contributed by atoms with Crippen molar-refractivity contribution >= 4 is 11.0 Å². The summed E-state index contributed by atoms with van der Waals surface area (Å²) in [7, 11) is 0. The van der Waals surface area contributed by atoms with Gasteiger partial charge in [-0.2, -0.15) is 0 Å². The number of aromatic hydroxyl groups is 2. The minimum absolute atomic E-state index is 0.118. The third kappa shape index (κ3) is 6.73. The van der Waals surface area contributed by atoms with Crippen LogP contribution in [0.15, 0.2) is 45.6 Å². The molecule has 3 aliphatic rings. The summed E-state index contributed by atoms with van der Waals surface area (Å²) < 4.78 is 39.4. The smallest absolute Gasteiger partial charge is 0.238 e. The van der Waals surface area contributed by atoms with Gasteiger partial charge in [0.25, 0.3) is 0 Å². The molecule has 3 aromatic rings. The van der Waals surface area contributed by atoms with Crippen LogP contribution in [0.3, 0.4) is 0 Å². The fourth-order valence-electron chi connectivity index (χ4n) is 5.89. The van der Waals surface area contributed by atoms with E-state index >= 15 is 0 Å². The average molecular weight is 711 g/mol. The van der Waals surface area contributed by atoms with E-state index in [9.17, 15) is 55.9 Å². The number of phenolic OH excluding ortho intramolecular Hbond substituents is 1. The predicted octanol–water partition coefficient (Wildman–Crippen LogP) is -2.25. The van der Waals surface area contributed by atoms with Crippen molar-refractivity contribution in [3.05, 3.63) is 46.6 Å². The molecule has 0 amide bonds. The molecular formula is C32H38O18. The van der Waals surface area contributed by atoms with E-state index in [1.165, 1.54) is 44.2 Å². The van der Waals surface area contributed by atoms with Crippen molar-refractivity contribution in [3.8, 4) is 34.3 Å². The molecule has 50 heavy (non-hydrogen) atoms. The number of aliphatic hydroxyl groups excluding tert-OH is 8. The molecule has 14 unspecified atom stereocenters. The largest absolute Gasteiger partial charge is 0.507 e. The Morgan fingerprint density at radius 1 is 0.680 bits per heavy atom. The van der Waals surface area contributed by atoms with E-state index in [0.29, 0.717) is 0 Å². The molecule has 274 valence electrons. The summed E-state index contributed by atoms with van der Waals surface area (Å²) in [5.74, 6) is -1.79. The van der Waals surface area contributed by atoms with E-state index in [1.54, 1.807) is 0 Å². The van der Waals surface area contributed by atoms with Crippen LogP contribution in [0.1, 0.15) is 13.8 Å². The predicted molar refractivity (Wildman–Crippen MR) is 164 cm³/mol. The van der Waals surface area contributed by atoms with Crippen molar-refractivity contribution in [3.63, 3.8) is 0 Å². The van der Waals surface area contributed by atoms with Crippen LogP contribution >= 0.6 is 0 Å². The minimum Gasteiger partial charge on any atom is -0.507 e. The molecule has 3 saturated heterocycles. The summed E-state index contributed by atoms with van der Waals surface area (Å²) >= 11 is 0. The second kappa shape index (κ2) is 14.2. The van der Waals surface area contributed by atoms with E-state index in [4.69, 9.17) is 32.8 Å². The molecule has 0 spiro atoms. The van der Waals surface area contributed by atoms with Crippen LogP contribution in [-0.2, 0) is 18.9 Å². The van der Waals surface area contributed by atoms with Crippen molar-refractivity contribution in [1.29, 1.82) is 0 Å². The molecule has 6 rings (SSSR count). The molecule has 0 aliphatic carbocycles.